The number of pyridine rings is 1. The Labute approximate surface area is 93.3 Å². The second-order valence-corrected chi connectivity index (χ2v) is 5.51. The van der Waals surface area contributed by atoms with Crippen LogP contribution in [0.3, 0.4) is 0 Å². The average Bonchev–Trinajstić information content (AvgIpc) is 2.05. The second kappa shape index (κ2) is 3.54. The summed E-state index contributed by atoms with van der Waals surface area (Å²) in [7, 11) is 0. The summed E-state index contributed by atoms with van der Waals surface area (Å²) < 4.78 is 0.907. The van der Waals surface area contributed by atoms with E-state index in [2.05, 4.69) is 46.1 Å². The van der Waals surface area contributed by atoms with Gasteiger partial charge in [0.15, 0.2) is 0 Å². The van der Waals surface area contributed by atoms with Crippen LogP contribution < -0.4 is 5.32 Å². The van der Waals surface area contributed by atoms with Crippen LogP contribution in [0.5, 0.6) is 0 Å². The van der Waals surface area contributed by atoms with Gasteiger partial charge in [0.2, 0.25) is 0 Å². The minimum Gasteiger partial charge on any atom is -0.380 e. The molecule has 0 amide bonds. The summed E-state index contributed by atoms with van der Waals surface area (Å²) in [4.78, 5) is 4.18. The van der Waals surface area contributed by atoms with Gasteiger partial charge < -0.3 is 5.32 Å². The maximum Gasteiger partial charge on any atom is 0.129 e. The standard InChI is InChI=1S/C11H15BrN2/c1-11(2)6-8(7-11)14-9-4-3-5-13-10(9)12/h3-5,8,14H,6-7H2,1-2H3. The van der Waals surface area contributed by atoms with Gasteiger partial charge in [-0.3, -0.25) is 0 Å². The van der Waals surface area contributed by atoms with E-state index in [0.717, 1.165) is 10.3 Å². The number of hydrogen-bond acceptors (Lipinski definition) is 2. The summed E-state index contributed by atoms with van der Waals surface area (Å²) in [5.41, 5.74) is 1.62. The zero-order valence-corrected chi connectivity index (χ0v) is 10.1. The molecule has 1 aromatic heterocycles. The van der Waals surface area contributed by atoms with Crippen molar-refractivity contribution in [2.24, 2.45) is 5.41 Å². The van der Waals surface area contributed by atoms with Crippen LogP contribution in [0.4, 0.5) is 5.69 Å². The first-order valence-corrected chi connectivity index (χ1v) is 5.73. The molecule has 0 bridgehead atoms. The van der Waals surface area contributed by atoms with Gasteiger partial charge in [0.05, 0.1) is 5.69 Å². The fraction of sp³-hybridized carbons (Fsp3) is 0.545. The van der Waals surface area contributed by atoms with Gasteiger partial charge in [0.25, 0.3) is 0 Å². The normalized spacial score (nSPS) is 20.2. The van der Waals surface area contributed by atoms with Crippen molar-refractivity contribution < 1.29 is 0 Å². The highest BCUT2D eigenvalue weighted by molar-refractivity contribution is 9.10. The Kier molecular flexibility index (Phi) is 2.52. The zero-order valence-electron chi connectivity index (χ0n) is 8.55. The Hall–Kier alpha value is -0.570. The van der Waals surface area contributed by atoms with Gasteiger partial charge in [-0.05, 0) is 46.3 Å². The minimum atomic E-state index is 0.520. The molecular formula is C11H15BrN2. The highest BCUT2D eigenvalue weighted by Crippen LogP contribution is 2.41. The zero-order chi connectivity index (χ0) is 10.2. The lowest BCUT2D eigenvalue weighted by molar-refractivity contribution is 0.167. The van der Waals surface area contributed by atoms with Crippen molar-refractivity contribution in [3.05, 3.63) is 22.9 Å². The molecule has 0 unspecified atom stereocenters. The van der Waals surface area contributed by atoms with Gasteiger partial charge in [0, 0.05) is 12.2 Å². The molecule has 1 aliphatic rings. The van der Waals surface area contributed by atoms with Crippen molar-refractivity contribution in [2.75, 3.05) is 5.32 Å². The molecule has 0 saturated heterocycles. The Bertz CT molecular complexity index is 328. The minimum absolute atomic E-state index is 0.520. The van der Waals surface area contributed by atoms with Crippen LogP contribution in [-0.2, 0) is 0 Å². The monoisotopic (exact) mass is 254 g/mol. The third kappa shape index (κ3) is 2.08. The highest BCUT2D eigenvalue weighted by Gasteiger charge is 2.35. The van der Waals surface area contributed by atoms with Crippen molar-refractivity contribution in [3.8, 4) is 0 Å². The van der Waals surface area contributed by atoms with Crippen molar-refractivity contribution in [3.63, 3.8) is 0 Å². The molecule has 2 nitrogen and oxygen atoms in total. The number of nitrogens with one attached hydrogen (secondary N) is 1. The number of halogens is 1. The average molecular weight is 255 g/mol. The molecule has 0 aromatic carbocycles. The lowest BCUT2D eigenvalue weighted by Crippen LogP contribution is -2.41. The third-order valence-corrected chi connectivity index (χ3v) is 3.35. The van der Waals surface area contributed by atoms with E-state index in [0.29, 0.717) is 11.5 Å². The molecule has 1 N–H and O–H groups in total. The van der Waals surface area contributed by atoms with Gasteiger partial charge >= 0.3 is 0 Å². The van der Waals surface area contributed by atoms with E-state index in [1.807, 2.05) is 6.07 Å². The van der Waals surface area contributed by atoms with Crippen LogP contribution in [0.15, 0.2) is 22.9 Å². The summed E-state index contributed by atoms with van der Waals surface area (Å²) in [5, 5.41) is 3.49. The molecule has 0 radical (unpaired) electrons. The third-order valence-electron chi connectivity index (χ3n) is 2.72. The molecule has 0 atom stereocenters. The van der Waals surface area contributed by atoms with Gasteiger partial charge in [-0.15, -0.1) is 0 Å². The molecular weight excluding hydrogens is 240 g/mol. The Morgan fingerprint density at radius 1 is 1.50 bits per heavy atom. The van der Waals surface area contributed by atoms with Crippen molar-refractivity contribution in [1.29, 1.82) is 0 Å². The molecule has 0 aliphatic heterocycles. The fourth-order valence-corrected chi connectivity index (χ4v) is 2.45. The summed E-state index contributed by atoms with van der Waals surface area (Å²) in [6.07, 6.45) is 4.28. The van der Waals surface area contributed by atoms with E-state index < -0.39 is 0 Å². The number of aromatic nitrogens is 1. The predicted molar refractivity (Wildman–Crippen MR) is 62.4 cm³/mol. The number of hydrogen-bond donors (Lipinski definition) is 1. The lowest BCUT2D eigenvalue weighted by atomic mass is 9.68. The molecule has 76 valence electrons. The van der Waals surface area contributed by atoms with Crippen LogP contribution in [0.1, 0.15) is 26.7 Å². The maximum atomic E-state index is 4.18. The van der Waals surface area contributed by atoms with Gasteiger partial charge in [-0.1, -0.05) is 13.8 Å². The summed E-state index contributed by atoms with van der Waals surface area (Å²) in [6, 6.07) is 4.63. The molecule has 1 fully saturated rings. The molecule has 1 saturated carbocycles. The second-order valence-electron chi connectivity index (χ2n) is 4.76. The molecule has 1 aromatic rings. The summed E-state index contributed by atoms with van der Waals surface area (Å²) >= 11 is 3.43. The van der Waals surface area contributed by atoms with E-state index >= 15 is 0 Å². The maximum absolute atomic E-state index is 4.18. The van der Waals surface area contributed by atoms with Crippen LogP contribution >= 0.6 is 15.9 Å². The Morgan fingerprint density at radius 2 is 2.21 bits per heavy atom. The quantitative estimate of drug-likeness (QED) is 0.819. The number of nitrogens with zero attached hydrogens (tertiary/aromatic N) is 1. The van der Waals surface area contributed by atoms with E-state index in [4.69, 9.17) is 0 Å². The SMILES string of the molecule is CC1(C)CC(Nc2cccnc2Br)C1. The van der Waals surface area contributed by atoms with Gasteiger partial charge in [0.1, 0.15) is 4.60 Å². The van der Waals surface area contributed by atoms with Crippen molar-refractivity contribution in [1.82, 2.24) is 4.98 Å². The van der Waals surface area contributed by atoms with E-state index in [9.17, 15) is 0 Å². The smallest absolute Gasteiger partial charge is 0.129 e. The summed E-state index contributed by atoms with van der Waals surface area (Å²) in [5.74, 6) is 0. The van der Waals surface area contributed by atoms with Crippen LogP contribution in [0, 0.1) is 5.41 Å². The number of rotatable bonds is 2. The van der Waals surface area contributed by atoms with E-state index in [1.165, 1.54) is 12.8 Å². The molecule has 1 heterocycles. The molecule has 2 rings (SSSR count). The first kappa shape index (κ1) is 9.97. The topological polar surface area (TPSA) is 24.9 Å². The largest absolute Gasteiger partial charge is 0.380 e. The Balaban J connectivity index is 1.97. The van der Waals surface area contributed by atoms with E-state index in [1.54, 1.807) is 6.20 Å². The van der Waals surface area contributed by atoms with Crippen LogP contribution in [-0.4, -0.2) is 11.0 Å². The fourth-order valence-electron chi connectivity index (χ4n) is 2.09. The molecule has 3 heteroatoms. The van der Waals surface area contributed by atoms with Crippen LogP contribution in [0.2, 0.25) is 0 Å². The highest BCUT2D eigenvalue weighted by atomic mass is 79.9. The Morgan fingerprint density at radius 3 is 2.79 bits per heavy atom. The van der Waals surface area contributed by atoms with Crippen molar-refractivity contribution >= 4 is 21.6 Å². The predicted octanol–water partition coefficient (Wildman–Crippen LogP) is 3.44. The number of anilines is 1. The lowest BCUT2D eigenvalue weighted by Gasteiger charge is -2.43. The summed E-state index contributed by atoms with van der Waals surface area (Å²) in [6.45, 7) is 4.62. The van der Waals surface area contributed by atoms with Gasteiger partial charge in [-0.25, -0.2) is 4.98 Å². The van der Waals surface area contributed by atoms with E-state index in [-0.39, 0.29) is 0 Å². The van der Waals surface area contributed by atoms with Gasteiger partial charge in [-0.2, -0.15) is 0 Å². The first-order valence-electron chi connectivity index (χ1n) is 4.94. The molecule has 0 spiro atoms. The van der Waals surface area contributed by atoms with Crippen LogP contribution in [0.25, 0.3) is 0 Å². The molecule has 14 heavy (non-hydrogen) atoms. The molecule has 1 aliphatic carbocycles. The first-order chi connectivity index (χ1) is 6.57. The van der Waals surface area contributed by atoms with Crippen molar-refractivity contribution in [2.45, 2.75) is 32.7 Å².